The molecule has 146 valence electrons. The molecule has 1 fully saturated rings. The van der Waals surface area contributed by atoms with Crippen molar-refractivity contribution in [2.24, 2.45) is 0 Å². The standard InChI is InChI=1S/C20H23F4N3/c1-3-17-11-25-13(2)12-27(17)19(14-4-7-16(21)8-5-14)18-9-6-15(10-26-18)20(22,23)24/h4-10,13,17,19,25H,3,11-12H2,1-2H3. The van der Waals surface area contributed by atoms with E-state index in [4.69, 9.17) is 0 Å². The van der Waals surface area contributed by atoms with Gasteiger partial charge >= 0.3 is 6.18 Å². The molecule has 1 aliphatic heterocycles. The van der Waals surface area contributed by atoms with Crippen molar-refractivity contribution in [2.45, 2.75) is 44.6 Å². The van der Waals surface area contributed by atoms with Crippen molar-refractivity contribution in [3.05, 3.63) is 65.2 Å². The third-order valence-electron chi connectivity index (χ3n) is 5.04. The highest BCUT2D eigenvalue weighted by molar-refractivity contribution is 5.30. The number of halogens is 4. The zero-order valence-corrected chi connectivity index (χ0v) is 15.3. The number of piperazine rings is 1. The number of pyridine rings is 1. The van der Waals surface area contributed by atoms with E-state index in [2.05, 4.69) is 29.0 Å². The van der Waals surface area contributed by atoms with Gasteiger partial charge in [-0.2, -0.15) is 13.2 Å². The van der Waals surface area contributed by atoms with E-state index in [1.807, 2.05) is 0 Å². The van der Waals surface area contributed by atoms with Gasteiger partial charge in [-0.1, -0.05) is 19.1 Å². The van der Waals surface area contributed by atoms with Gasteiger partial charge < -0.3 is 5.32 Å². The quantitative estimate of drug-likeness (QED) is 0.796. The first-order valence-electron chi connectivity index (χ1n) is 9.07. The molecule has 1 saturated heterocycles. The van der Waals surface area contributed by atoms with Crippen LogP contribution in [0.2, 0.25) is 0 Å². The van der Waals surface area contributed by atoms with Crippen molar-refractivity contribution < 1.29 is 17.6 Å². The normalized spacial score (nSPS) is 22.6. The molecule has 1 aliphatic rings. The number of nitrogens with one attached hydrogen (secondary N) is 1. The minimum absolute atomic E-state index is 0.209. The highest BCUT2D eigenvalue weighted by atomic mass is 19.4. The maximum atomic E-state index is 13.4. The van der Waals surface area contributed by atoms with Gasteiger partial charge in [-0.25, -0.2) is 4.39 Å². The first-order valence-corrected chi connectivity index (χ1v) is 9.07. The van der Waals surface area contributed by atoms with Gasteiger partial charge in [0.25, 0.3) is 0 Å². The minimum atomic E-state index is -4.42. The van der Waals surface area contributed by atoms with E-state index in [9.17, 15) is 17.6 Å². The molecule has 7 heteroatoms. The molecule has 0 bridgehead atoms. The lowest BCUT2D eigenvalue weighted by molar-refractivity contribution is -0.137. The van der Waals surface area contributed by atoms with E-state index < -0.39 is 11.7 Å². The average Bonchev–Trinajstić information content (AvgIpc) is 2.63. The fraction of sp³-hybridized carbons (Fsp3) is 0.450. The summed E-state index contributed by atoms with van der Waals surface area (Å²) in [4.78, 5) is 6.39. The van der Waals surface area contributed by atoms with E-state index in [0.29, 0.717) is 5.69 Å². The summed E-state index contributed by atoms with van der Waals surface area (Å²) in [5, 5.41) is 3.44. The number of hydrogen-bond donors (Lipinski definition) is 1. The minimum Gasteiger partial charge on any atom is -0.311 e. The topological polar surface area (TPSA) is 28.2 Å². The van der Waals surface area contributed by atoms with E-state index in [-0.39, 0.29) is 23.9 Å². The largest absolute Gasteiger partial charge is 0.417 e. The van der Waals surface area contributed by atoms with Crippen LogP contribution in [0.15, 0.2) is 42.6 Å². The molecule has 0 amide bonds. The second-order valence-electron chi connectivity index (χ2n) is 6.99. The third-order valence-corrected chi connectivity index (χ3v) is 5.04. The molecule has 3 nitrogen and oxygen atoms in total. The number of nitrogens with zero attached hydrogens (tertiary/aromatic N) is 2. The Morgan fingerprint density at radius 1 is 1.19 bits per heavy atom. The summed E-state index contributed by atoms with van der Waals surface area (Å²) in [7, 11) is 0. The molecule has 0 saturated carbocycles. The highest BCUT2D eigenvalue weighted by Gasteiger charge is 2.35. The van der Waals surface area contributed by atoms with Crippen LogP contribution in [-0.4, -0.2) is 35.1 Å². The Hall–Kier alpha value is -1.99. The molecule has 0 aliphatic carbocycles. The molecule has 3 unspecified atom stereocenters. The molecule has 27 heavy (non-hydrogen) atoms. The molecular formula is C20H23F4N3. The van der Waals surface area contributed by atoms with Crippen molar-refractivity contribution >= 4 is 0 Å². The maximum absolute atomic E-state index is 13.4. The van der Waals surface area contributed by atoms with Gasteiger partial charge in [0.15, 0.2) is 0 Å². The molecule has 2 heterocycles. The summed E-state index contributed by atoms with van der Waals surface area (Å²) >= 11 is 0. The van der Waals surface area contributed by atoms with Crippen molar-refractivity contribution in [1.82, 2.24) is 15.2 Å². The number of alkyl halides is 3. The molecule has 0 spiro atoms. The van der Waals surface area contributed by atoms with E-state index in [1.165, 1.54) is 18.2 Å². The number of hydrogen-bond acceptors (Lipinski definition) is 3. The van der Waals surface area contributed by atoms with Crippen LogP contribution in [0.3, 0.4) is 0 Å². The monoisotopic (exact) mass is 381 g/mol. The zero-order chi connectivity index (χ0) is 19.6. The van der Waals surface area contributed by atoms with Crippen LogP contribution in [-0.2, 0) is 6.18 Å². The smallest absolute Gasteiger partial charge is 0.311 e. The molecule has 1 aromatic carbocycles. The molecular weight excluding hydrogens is 358 g/mol. The summed E-state index contributed by atoms with van der Waals surface area (Å²) in [6.45, 7) is 5.66. The molecule has 2 aromatic rings. The van der Waals surface area contributed by atoms with Crippen LogP contribution in [0.5, 0.6) is 0 Å². The van der Waals surface area contributed by atoms with Crippen LogP contribution in [0.4, 0.5) is 17.6 Å². The van der Waals surface area contributed by atoms with Crippen LogP contribution >= 0.6 is 0 Å². The van der Waals surface area contributed by atoms with Gasteiger partial charge in [0.05, 0.1) is 17.3 Å². The van der Waals surface area contributed by atoms with Crippen LogP contribution < -0.4 is 5.32 Å². The van der Waals surface area contributed by atoms with Gasteiger partial charge in [-0.3, -0.25) is 9.88 Å². The summed E-state index contributed by atoms with van der Waals surface area (Å²) < 4.78 is 52.2. The SMILES string of the molecule is CCC1CNC(C)CN1C(c1ccc(F)cc1)c1ccc(C(F)(F)F)cn1. The molecule has 1 aromatic heterocycles. The third kappa shape index (κ3) is 4.47. The number of rotatable bonds is 4. The van der Waals surface area contributed by atoms with Gasteiger partial charge in [-0.05, 0) is 43.2 Å². The summed E-state index contributed by atoms with van der Waals surface area (Å²) in [5.41, 5.74) is 0.572. The molecule has 1 N–H and O–H groups in total. The van der Waals surface area contributed by atoms with Crippen LogP contribution in [0, 0.1) is 5.82 Å². The molecule has 3 rings (SSSR count). The van der Waals surface area contributed by atoms with E-state index in [0.717, 1.165) is 37.3 Å². The first-order chi connectivity index (χ1) is 12.8. The fourth-order valence-corrected chi connectivity index (χ4v) is 3.59. The first kappa shape index (κ1) is 19.8. The van der Waals surface area contributed by atoms with Gasteiger partial charge in [0, 0.05) is 31.4 Å². The maximum Gasteiger partial charge on any atom is 0.417 e. The Balaban J connectivity index is 2.03. The lowest BCUT2D eigenvalue weighted by Gasteiger charge is -2.43. The van der Waals surface area contributed by atoms with Crippen LogP contribution in [0.1, 0.15) is 43.1 Å². The van der Waals surface area contributed by atoms with Gasteiger partial charge in [0.2, 0.25) is 0 Å². The second kappa shape index (κ2) is 7.94. The predicted molar refractivity (Wildman–Crippen MR) is 95.7 cm³/mol. The second-order valence-corrected chi connectivity index (χ2v) is 6.99. The van der Waals surface area contributed by atoms with E-state index in [1.54, 1.807) is 12.1 Å². The van der Waals surface area contributed by atoms with Crippen molar-refractivity contribution in [2.75, 3.05) is 13.1 Å². The van der Waals surface area contributed by atoms with Crippen molar-refractivity contribution in [3.63, 3.8) is 0 Å². The zero-order valence-electron chi connectivity index (χ0n) is 15.3. The lowest BCUT2D eigenvalue weighted by Crippen LogP contribution is -2.56. The lowest BCUT2D eigenvalue weighted by atomic mass is 9.95. The van der Waals surface area contributed by atoms with Crippen molar-refractivity contribution in [1.29, 1.82) is 0 Å². The Morgan fingerprint density at radius 3 is 2.44 bits per heavy atom. The number of benzene rings is 1. The average molecular weight is 381 g/mol. The summed E-state index contributed by atoms with van der Waals surface area (Å²) in [6.07, 6.45) is -2.66. The van der Waals surface area contributed by atoms with Gasteiger partial charge in [-0.15, -0.1) is 0 Å². The fourth-order valence-electron chi connectivity index (χ4n) is 3.59. The summed E-state index contributed by atoms with van der Waals surface area (Å²) in [6, 6.07) is 8.71. The van der Waals surface area contributed by atoms with Gasteiger partial charge in [0.1, 0.15) is 5.82 Å². The Morgan fingerprint density at radius 2 is 1.89 bits per heavy atom. The molecule has 0 radical (unpaired) electrons. The van der Waals surface area contributed by atoms with Crippen LogP contribution in [0.25, 0.3) is 0 Å². The predicted octanol–water partition coefficient (Wildman–Crippen LogP) is 4.40. The number of aromatic nitrogens is 1. The highest BCUT2D eigenvalue weighted by Crippen LogP contribution is 2.34. The Labute approximate surface area is 156 Å². The van der Waals surface area contributed by atoms with Crippen molar-refractivity contribution in [3.8, 4) is 0 Å². The Bertz CT molecular complexity index is 743. The molecule has 3 atom stereocenters. The summed E-state index contributed by atoms with van der Waals surface area (Å²) in [5.74, 6) is -0.349. The van der Waals surface area contributed by atoms with E-state index >= 15 is 0 Å². The Kier molecular flexibility index (Phi) is 5.81.